The Bertz CT molecular complexity index is 464. The second-order valence-corrected chi connectivity index (χ2v) is 5.83. The van der Waals surface area contributed by atoms with Crippen LogP contribution in [-0.4, -0.2) is 12.6 Å². The molecule has 0 amide bonds. The van der Waals surface area contributed by atoms with Gasteiger partial charge in [0.25, 0.3) is 0 Å². The van der Waals surface area contributed by atoms with E-state index in [0.29, 0.717) is 6.61 Å². The lowest BCUT2D eigenvalue weighted by Crippen LogP contribution is -2.26. The molecule has 0 aromatic heterocycles. The number of hydrogen-bond acceptors (Lipinski definition) is 2. The third-order valence-electron chi connectivity index (χ3n) is 3.20. The molecule has 0 spiro atoms. The van der Waals surface area contributed by atoms with Crippen LogP contribution >= 0.6 is 11.6 Å². The van der Waals surface area contributed by atoms with Crippen molar-refractivity contribution in [1.29, 1.82) is 0 Å². The number of unbranched alkanes of at least 4 members (excludes halogenated alkanes) is 1. The number of carbonyl (C=O) groups is 1. The smallest absolute Gasteiger partial charge is 0.311 e. The van der Waals surface area contributed by atoms with E-state index in [4.69, 9.17) is 16.3 Å². The van der Waals surface area contributed by atoms with E-state index in [0.717, 1.165) is 29.8 Å². The van der Waals surface area contributed by atoms with Crippen molar-refractivity contribution in [3.63, 3.8) is 0 Å². The normalized spacial score (nSPS) is 11.8. The number of esters is 1. The highest BCUT2D eigenvalue weighted by molar-refractivity contribution is 6.32. The zero-order valence-corrected chi connectivity index (χ0v) is 13.2. The fraction of sp³-hybridized carbons (Fsp3) is 0.471. The Labute approximate surface area is 126 Å². The summed E-state index contributed by atoms with van der Waals surface area (Å²) in [6, 6.07) is 7.75. The molecule has 0 saturated heterocycles. The van der Waals surface area contributed by atoms with Crippen molar-refractivity contribution in [2.45, 2.75) is 40.0 Å². The molecule has 0 atom stereocenters. The highest BCUT2D eigenvalue weighted by atomic mass is 35.5. The Morgan fingerprint density at radius 1 is 1.35 bits per heavy atom. The molecule has 1 aromatic carbocycles. The summed E-state index contributed by atoms with van der Waals surface area (Å²) in [6.45, 7) is 6.14. The van der Waals surface area contributed by atoms with E-state index in [9.17, 15) is 4.79 Å². The van der Waals surface area contributed by atoms with Gasteiger partial charge in [-0.15, -0.1) is 0 Å². The van der Waals surface area contributed by atoms with Gasteiger partial charge in [0.1, 0.15) is 0 Å². The minimum atomic E-state index is -0.408. The van der Waals surface area contributed by atoms with Crippen molar-refractivity contribution < 1.29 is 9.53 Å². The zero-order chi connectivity index (χ0) is 15.0. The van der Waals surface area contributed by atoms with E-state index in [1.54, 1.807) is 0 Å². The lowest BCUT2D eigenvalue weighted by atomic mass is 9.87. The summed E-state index contributed by atoms with van der Waals surface area (Å²) in [7, 11) is 0. The number of allylic oxidation sites excluding steroid dienone is 1. The van der Waals surface area contributed by atoms with Crippen molar-refractivity contribution in [3.8, 4) is 0 Å². The molecule has 0 aliphatic heterocycles. The minimum Gasteiger partial charge on any atom is -0.466 e. The van der Waals surface area contributed by atoms with Crippen LogP contribution in [0.4, 0.5) is 0 Å². The fourth-order valence-electron chi connectivity index (χ4n) is 1.91. The molecule has 1 rings (SSSR count). The van der Waals surface area contributed by atoms with E-state index in [1.807, 2.05) is 51.1 Å². The molecule has 0 fully saturated rings. The van der Waals surface area contributed by atoms with E-state index in [-0.39, 0.29) is 5.97 Å². The van der Waals surface area contributed by atoms with E-state index < -0.39 is 5.41 Å². The molecule has 0 bridgehead atoms. The third-order valence-corrected chi connectivity index (χ3v) is 3.55. The molecule has 0 unspecified atom stereocenters. The van der Waals surface area contributed by atoms with Gasteiger partial charge in [0, 0.05) is 5.02 Å². The van der Waals surface area contributed by atoms with Gasteiger partial charge < -0.3 is 4.74 Å². The van der Waals surface area contributed by atoms with E-state index in [2.05, 4.69) is 6.08 Å². The van der Waals surface area contributed by atoms with Crippen molar-refractivity contribution in [2.75, 3.05) is 6.61 Å². The predicted octanol–water partition coefficient (Wildman–Crippen LogP) is 5.11. The number of halogens is 1. The standard InChI is InChI=1S/C17H23ClO2/c1-4-20-16(19)17(2,3)13-9-5-6-10-14-11-7-8-12-15(14)18/h6-8,10-12H,4-5,9,13H2,1-3H3/b10-6+. The first-order valence-electron chi connectivity index (χ1n) is 7.05. The molecule has 0 aliphatic carbocycles. The highest BCUT2D eigenvalue weighted by Crippen LogP contribution is 2.25. The Kier molecular flexibility index (Phi) is 6.80. The average molecular weight is 295 g/mol. The summed E-state index contributed by atoms with van der Waals surface area (Å²) >= 11 is 6.07. The highest BCUT2D eigenvalue weighted by Gasteiger charge is 2.28. The topological polar surface area (TPSA) is 26.3 Å². The SMILES string of the molecule is CCOC(=O)C(C)(C)CCC/C=C/c1ccccc1Cl. The first-order chi connectivity index (χ1) is 9.47. The zero-order valence-electron chi connectivity index (χ0n) is 12.5. The van der Waals surface area contributed by atoms with Crippen LogP contribution in [0.15, 0.2) is 30.3 Å². The van der Waals surface area contributed by atoms with Crippen molar-refractivity contribution in [2.24, 2.45) is 5.41 Å². The number of benzene rings is 1. The molecular formula is C17H23ClO2. The molecule has 0 aliphatic rings. The lowest BCUT2D eigenvalue weighted by Gasteiger charge is -2.21. The maximum Gasteiger partial charge on any atom is 0.311 e. The Morgan fingerprint density at radius 3 is 2.70 bits per heavy atom. The van der Waals surface area contributed by atoms with Crippen LogP contribution in [0.1, 0.15) is 45.6 Å². The number of ether oxygens (including phenoxy) is 1. The maximum atomic E-state index is 11.7. The molecule has 0 heterocycles. The van der Waals surface area contributed by atoms with Crippen LogP contribution in [0.2, 0.25) is 5.02 Å². The summed E-state index contributed by atoms with van der Waals surface area (Å²) in [5.41, 5.74) is 0.618. The summed E-state index contributed by atoms with van der Waals surface area (Å²) in [4.78, 5) is 11.7. The minimum absolute atomic E-state index is 0.116. The first kappa shape index (κ1) is 16.8. The average Bonchev–Trinajstić information content (AvgIpc) is 2.40. The second kappa shape index (κ2) is 8.11. The molecular weight excluding hydrogens is 272 g/mol. The summed E-state index contributed by atoms with van der Waals surface area (Å²) in [6.07, 6.45) is 6.82. The van der Waals surface area contributed by atoms with Gasteiger partial charge in [0.05, 0.1) is 12.0 Å². The second-order valence-electron chi connectivity index (χ2n) is 5.42. The summed E-state index contributed by atoms with van der Waals surface area (Å²) in [5.74, 6) is -0.116. The van der Waals surface area contributed by atoms with Gasteiger partial charge in [0.2, 0.25) is 0 Å². The van der Waals surface area contributed by atoms with Gasteiger partial charge in [0.15, 0.2) is 0 Å². The number of carbonyl (C=O) groups excluding carboxylic acids is 1. The molecule has 110 valence electrons. The van der Waals surface area contributed by atoms with Crippen LogP contribution in [0.5, 0.6) is 0 Å². The molecule has 3 heteroatoms. The Hall–Kier alpha value is -1.28. The van der Waals surface area contributed by atoms with E-state index >= 15 is 0 Å². The maximum absolute atomic E-state index is 11.7. The number of hydrogen-bond donors (Lipinski definition) is 0. The summed E-state index contributed by atoms with van der Waals surface area (Å²) < 4.78 is 5.07. The van der Waals surface area contributed by atoms with Gasteiger partial charge in [-0.2, -0.15) is 0 Å². The van der Waals surface area contributed by atoms with Gasteiger partial charge in [-0.3, -0.25) is 4.79 Å². The molecule has 20 heavy (non-hydrogen) atoms. The Morgan fingerprint density at radius 2 is 2.05 bits per heavy atom. The predicted molar refractivity (Wildman–Crippen MR) is 84.8 cm³/mol. The number of rotatable bonds is 7. The van der Waals surface area contributed by atoms with Crippen LogP contribution in [0.3, 0.4) is 0 Å². The molecule has 1 aromatic rings. The van der Waals surface area contributed by atoms with Gasteiger partial charge in [-0.25, -0.2) is 0 Å². The lowest BCUT2D eigenvalue weighted by molar-refractivity contribution is -0.153. The largest absolute Gasteiger partial charge is 0.466 e. The van der Waals surface area contributed by atoms with Gasteiger partial charge in [-0.05, 0) is 51.7 Å². The molecule has 0 radical (unpaired) electrons. The van der Waals surface area contributed by atoms with E-state index in [1.165, 1.54) is 0 Å². The van der Waals surface area contributed by atoms with Gasteiger partial charge >= 0.3 is 5.97 Å². The third kappa shape index (κ3) is 5.38. The molecule has 0 N–H and O–H groups in total. The first-order valence-corrected chi connectivity index (χ1v) is 7.43. The monoisotopic (exact) mass is 294 g/mol. The van der Waals surface area contributed by atoms with Crippen molar-refractivity contribution in [3.05, 3.63) is 40.9 Å². The quantitative estimate of drug-likeness (QED) is 0.516. The fourth-order valence-corrected chi connectivity index (χ4v) is 2.11. The van der Waals surface area contributed by atoms with Crippen LogP contribution in [0.25, 0.3) is 6.08 Å². The van der Waals surface area contributed by atoms with Crippen LogP contribution in [-0.2, 0) is 9.53 Å². The van der Waals surface area contributed by atoms with Crippen molar-refractivity contribution >= 4 is 23.6 Å². The summed E-state index contributed by atoms with van der Waals surface area (Å²) in [5, 5.41) is 0.760. The van der Waals surface area contributed by atoms with Crippen LogP contribution in [0, 0.1) is 5.41 Å². The Balaban J connectivity index is 2.38. The van der Waals surface area contributed by atoms with Crippen molar-refractivity contribution in [1.82, 2.24) is 0 Å². The molecule has 0 saturated carbocycles. The molecule has 2 nitrogen and oxygen atoms in total. The van der Waals surface area contributed by atoms with Gasteiger partial charge in [-0.1, -0.05) is 42.0 Å². The van der Waals surface area contributed by atoms with Crippen LogP contribution < -0.4 is 0 Å².